The van der Waals surface area contributed by atoms with Crippen LogP contribution < -0.4 is 5.73 Å². The van der Waals surface area contributed by atoms with Crippen molar-refractivity contribution >= 4 is 17.6 Å². The predicted octanol–water partition coefficient (Wildman–Crippen LogP) is 1.50. The van der Waals surface area contributed by atoms with Crippen molar-refractivity contribution in [1.29, 1.82) is 0 Å². The van der Waals surface area contributed by atoms with Gasteiger partial charge in [-0.1, -0.05) is 6.92 Å². The summed E-state index contributed by atoms with van der Waals surface area (Å²) in [7, 11) is 0. The van der Waals surface area contributed by atoms with Gasteiger partial charge in [-0.05, 0) is 18.2 Å². The zero-order chi connectivity index (χ0) is 10.7. The van der Waals surface area contributed by atoms with E-state index in [0.717, 1.165) is 22.2 Å². The molecule has 0 unspecified atom stereocenters. The number of aromatic amines is 1. The van der Waals surface area contributed by atoms with E-state index in [0.29, 0.717) is 5.82 Å². The minimum absolute atomic E-state index is 0.543. The molecule has 0 aliphatic rings. The number of aromatic nitrogens is 4. The van der Waals surface area contributed by atoms with Crippen LogP contribution >= 0.6 is 11.8 Å². The van der Waals surface area contributed by atoms with Crippen molar-refractivity contribution in [3.63, 3.8) is 0 Å². The van der Waals surface area contributed by atoms with Gasteiger partial charge in [0.25, 0.3) is 0 Å². The number of imidazole rings is 1. The second-order valence-electron chi connectivity index (χ2n) is 2.89. The van der Waals surface area contributed by atoms with Crippen LogP contribution in [-0.4, -0.2) is 19.9 Å². The molecule has 2 rings (SSSR count). The molecule has 0 saturated heterocycles. The number of hydrogen-bond acceptors (Lipinski definition) is 5. The molecule has 0 radical (unpaired) electrons. The molecule has 0 aromatic carbocycles. The standard InChI is InChI=1S/C9H11N5S/c1-2-6-7(10)13-5-14-8(6)15-9-11-3-4-12-9/h3-5H,2H2,1H3,(H,11,12)(H2,10,13,14). The van der Waals surface area contributed by atoms with E-state index in [1.54, 1.807) is 12.4 Å². The number of anilines is 1. The van der Waals surface area contributed by atoms with Gasteiger partial charge in [0.1, 0.15) is 17.2 Å². The molecule has 0 fully saturated rings. The first-order valence-corrected chi connectivity index (χ1v) is 5.39. The van der Waals surface area contributed by atoms with Gasteiger partial charge in [-0.25, -0.2) is 15.0 Å². The van der Waals surface area contributed by atoms with E-state index in [9.17, 15) is 0 Å². The third-order valence-corrected chi connectivity index (χ3v) is 2.92. The van der Waals surface area contributed by atoms with Gasteiger partial charge in [0.2, 0.25) is 0 Å². The smallest absolute Gasteiger partial charge is 0.171 e. The average molecular weight is 221 g/mol. The maximum atomic E-state index is 5.77. The van der Waals surface area contributed by atoms with E-state index in [1.807, 2.05) is 6.92 Å². The van der Waals surface area contributed by atoms with Crippen LogP contribution in [-0.2, 0) is 6.42 Å². The van der Waals surface area contributed by atoms with Gasteiger partial charge in [-0.15, -0.1) is 0 Å². The zero-order valence-electron chi connectivity index (χ0n) is 8.27. The van der Waals surface area contributed by atoms with Gasteiger partial charge >= 0.3 is 0 Å². The molecule has 2 aromatic rings. The molecule has 0 spiro atoms. The highest BCUT2D eigenvalue weighted by Crippen LogP contribution is 2.27. The average Bonchev–Trinajstić information content (AvgIpc) is 2.71. The Morgan fingerprint density at radius 3 is 2.93 bits per heavy atom. The van der Waals surface area contributed by atoms with Gasteiger partial charge in [0, 0.05) is 18.0 Å². The summed E-state index contributed by atoms with van der Waals surface area (Å²) in [5, 5.41) is 1.67. The van der Waals surface area contributed by atoms with Gasteiger partial charge in [-0.3, -0.25) is 0 Å². The highest BCUT2D eigenvalue weighted by molar-refractivity contribution is 7.99. The first kappa shape index (κ1) is 9.97. The monoisotopic (exact) mass is 221 g/mol. The first-order chi connectivity index (χ1) is 7.31. The summed E-state index contributed by atoms with van der Waals surface area (Å²) in [5.41, 5.74) is 6.74. The maximum Gasteiger partial charge on any atom is 0.171 e. The maximum absolute atomic E-state index is 5.77. The van der Waals surface area contributed by atoms with E-state index in [1.165, 1.54) is 18.1 Å². The summed E-state index contributed by atoms with van der Waals surface area (Å²) in [5.74, 6) is 0.543. The molecule has 2 aromatic heterocycles. The molecule has 78 valence electrons. The summed E-state index contributed by atoms with van der Waals surface area (Å²) >= 11 is 1.46. The lowest BCUT2D eigenvalue weighted by molar-refractivity contribution is 0.944. The Hall–Kier alpha value is -1.56. The molecule has 0 amide bonds. The van der Waals surface area contributed by atoms with E-state index in [-0.39, 0.29) is 0 Å². The Morgan fingerprint density at radius 1 is 1.40 bits per heavy atom. The van der Waals surface area contributed by atoms with Crippen molar-refractivity contribution in [2.75, 3.05) is 5.73 Å². The normalized spacial score (nSPS) is 10.5. The largest absolute Gasteiger partial charge is 0.383 e. The number of rotatable bonds is 3. The molecule has 2 heterocycles. The third kappa shape index (κ3) is 2.10. The molecular weight excluding hydrogens is 210 g/mol. The topological polar surface area (TPSA) is 80.5 Å². The molecule has 3 N–H and O–H groups in total. The van der Waals surface area contributed by atoms with Crippen LogP contribution in [0.1, 0.15) is 12.5 Å². The van der Waals surface area contributed by atoms with Crippen LogP contribution in [0.25, 0.3) is 0 Å². The number of H-pyrrole nitrogens is 1. The predicted molar refractivity (Wildman–Crippen MR) is 58.5 cm³/mol. The zero-order valence-corrected chi connectivity index (χ0v) is 9.08. The molecule has 15 heavy (non-hydrogen) atoms. The Kier molecular flexibility index (Phi) is 2.86. The Morgan fingerprint density at radius 2 is 2.27 bits per heavy atom. The van der Waals surface area contributed by atoms with E-state index < -0.39 is 0 Å². The van der Waals surface area contributed by atoms with Crippen LogP contribution in [0.5, 0.6) is 0 Å². The van der Waals surface area contributed by atoms with Gasteiger partial charge in [-0.2, -0.15) is 0 Å². The summed E-state index contributed by atoms with van der Waals surface area (Å²) in [6.07, 6.45) is 5.77. The second kappa shape index (κ2) is 4.31. The molecule has 0 aliphatic carbocycles. The summed E-state index contributed by atoms with van der Waals surface area (Å²) in [6.45, 7) is 2.03. The molecule has 0 atom stereocenters. The third-order valence-electron chi connectivity index (χ3n) is 1.96. The SMILES string of the molecule is CCc1c(N)ncnc1Sc1ncc[nH]1. The van der Waals surface area contributed by atoms with E-state index in [2.05, 4.69) is 19.9 Å². The van der Waals surface area contributed by atoms with Crippen molar-refractivity contribution < 1.29 is 0 Å². The number of nitrogens with two attached hydrogens (primary N) is 1. The lowest BCUT2D eigenvalue weighted by atomic mass is 10.2. The number of hydrogen-bond donors (Lipinski definition) is 2. The summed E-state index contributed by atoms with van der Waals surface area (Å²) < 4.78 is 0. The van der Waals surface area contributed by atoms with Crippen molar-refractivity contribution in [3.8, 4) is 0 Å². The quantitative estimate of drug-likeness (QED) is 0.768. The summed E-state index contributed by atoms with van der Waals surface area (Å²) in [4.78, 5) is 15.3. The number of nitrogen functional groups attached to an aromatic ring is 1. The highest BCUT2D eigenvalue weighted by atomic mass is 32.2. The number of nitrogens with one attached hydrogen (secondary N) is 1. The van der Waals surface area contributed by atoms with E-state index in [4.69, 9.17) is 5.73 Å². The van der Waals surface area contributed by atoms with Crippen LogP contribution in [0.4, 0.5) is 5.82 Å². The van der Waals surface area contributed by atoms with Crippen LogP contribution in [0.3, 0.4) is 0 Å². The summed E-state index contributed by atoms with van der Waals surface area (Å²) in [6, 6.07) is 0. The van der Waals surface area contributed by atoms with E-state index >= 15 is 0 Å². The van der Waals surface area contributed by atoms with Crippen LogP contribution in [0.2, 0.25) is 0 Å². The first-order valence-electron chi connectivity index (χ1n) is 4.58. The van der Waals surface area contributed by atoms with Gasteiger partial charge in [0.05, 0.1) is 0 Å². The van der Waals surface area contributed by atoms with Crippen molar-refractivity contribution in [2.45, 2.75) is 23.5 Å². The number of nitrogens with zero attached hydrogens (tertiary/aromatic N) is 3. The molecule has 0 bridgehead atoms. The molecule has 5 nitrogen and oxygen atoms in total. The second-order valence-corrected chi connectivity index (χ2v) is 3.87. The lowest BCUT2D eigenvalue weighted by Gasteiger charge is -2.05. The van der Waals surface area contributed by atoms with Crippen molar-refractivity contribution in [2.24, 2.45) is 0 Å². The van der Waals surface area contributed by atoms with Gasteiger partial charge in [0.15, 0.2) is 5.16 Å². The van der Waals surface area contributed by atoms with Gasteiger partial charge < -0.3 is 10.7 Å². The minimum Gasteiger partial charge on any atom is -0.383 e. The minimum atomic E-state index is 0.543. The Labute approximate surface area is 91.5 Å². The Bertz CT molecular complexity index is 440. The lowest BCUT2D eigenvalue weighted by Crippen LogP contribution is -2.00. The molecular formula is C9H11N5S. The fourth-order valence-corrected chi connectivity index (χ4v) is 2.12. The molecule has 6 heteroatoms. The molecule has 0 aliphatic heterocycles. The van der Waals surface area contributed by atoms with Crippen LogP contribution in [0, 0.1) is 0 Å². The van der Waals surface area contributed by atoms with Crippen LogP contribution in [0.15, 0.2) is 28.9 Å². The highest BCUT2D eigenvalue weighted by Gasteiger charge is 2.09. The van der Waals surface area contributed by atoms with Crippen molar-refractivity contribution in [3.05, 3.63) is 24.3 Å². The Balaban J connectivity index is 2.32. The van der Waals surface area contributed by atoms with Crippen molar-refractivity contribution in [1.82, 2.24) is 19.9 Å². The fourth-order valence-electron chi connectivity index (χ4n) is 1.23. The fraction of sp³-hybridized carbons (Fsp3) is 0.222. The molecule has 0 saturated carbocycles.